The lowest BCUT2D eigenvalue weighted by Crippen LogP contribution is -2.01. The monoisotopic (exact) mass is 310 g/mol. The van der Waals surface area contributed by atoms with Crippen molar-refractivity contribution in [1.82, 2.24) is 10.2 Å². The molecule has 0 spiro atoms. The number of aromatic nitrogens is 2. The van der Waals surface area contributed by atoms with Crippen molar-refractivity contribution in [3.8, 4) is 5.75 Å². The molecule has 18 heavy (non-hydrogen) atoms. The van der Waals surface area contributed by atoms with Gasteiger partial charge in [0.25, 0.3) is 5.89 Å². The number of aryl methyl sites for hydroxylation is 2. The van der Waals surface area contributed by atoms with Crippen LogP contribution in [0, 0.1) is 13.8 Å². The maximum Gasteiger partial charge on any atom is 0.253 e. The zero-order valence-corrected chi connectivity index (χ0v) is 11.5. The first kappa shape index (κ1) is 12.8. The van der Waals surface area contributed by atoms with Crippen molar-refractivity contribution in [3.05, 3.63) is 39.5 Å². The summed E-state index contributed by atoms with van der Waals surface area (Å²) in [4.78, 5) is 11.0. The molecule has 2 rings (SSSR count). The largest absolute Gasteiger partial charge is 0.483 e. The fourth-order valence-electron chi connectivity index (χ4n) is 1.57. The average molecular weight is 311 g/mol. The molecule has 0 unspecified atom stereocenters. The van der Waals surface area contributed by atoms with Crippen LogP contribution < -0.4 is 4.74 Å². The molecule has 2 aromatic rings. The molecule has 6 heteroatoms. The van der Waals surface area contributed by atoms with Crippen LogP contribution in [0.5, 0.6) is 5.75 Å². The van der Waals surface area contributed by atoms with E-state index in [0.717, 1.165) is 16.3 Å². The van der Waals surface area contributed by atoms with Crippen molar-refractivity contribution in [2.24, 2.45) is 0 Å². The van der Waals surface area contributed by atoms with Crippen molar-refractivity contribution >= 4 is 22.2 Å². The molecule has 0 aliphatic heterocycles. The second-order valence-electron chi connectivity index (χ2n) is 3.76. The Hall–Kier alpha value is -1.69. The molecule has 0 amide bonds. The van der Waals surface area contributed by atoms with Crippen molar-refractivity contribution in [2.45, 2.75) is 20.5 Å². The summed E-state index contributed by atoms with van der Waals surface area (Å²) in [7, 11) is 0. The molecule has 94 valence electrons. The SMILES string of the molecule is Cc1nnc(COc2c(C)cc(Br)cc2C=O)o1. The van der Waals surface area contributed by atoms with Gasteiger partial charge in [0, 0.05) is 11.4 Å². The van der Waals surface area contributed by atoms with Gasteiger partial charge in [-0.25, -0.2) is 0 Å². The van der Waals surface area contributed by atoms with Crippen LogP contribution in [-0.2, 0) is 6.61 Å². The Balaban J connectivity index is 2.20. The Morgan fingerprint density at radius 1 is 1.39 bits per heavy atom. The van der Waals surface area contributed by atoms with E-state index in [9.17, 15) is 4.79 Å². The molecule has 0 atom stereocenters. The van der Waals surface area contributed by atoms with Gasteiger partial charge in [0.2, 0.25) is 5.89 Å². The van der Waals surface area contributed by atoms with Crippen LogP contribution in [0.25, 0.3) is 0 Å². The van der Waals surface area contributed by atoms with Crippen molar-refractivity contribution in [1.29, 1.82) is 0 Å². The second-order valence-corrected chi connectivity index (χ2v) is 4.68. The molecule has 0 aliphatic rings. The Labute approximate surface area is 112 Å². The average Bonchev–Trinajstić information content (AvgIpc) is 2.73. The fraction of sp³-hybridized carbons (Fsp3) is 0.250. The number of carbonyl (C=O) groups excluding carboxylic acids is 1. The van der Waals surface area contributed by atoms with Gasteiger partial charge in [0.1, 0.15) is 5.75 Å². The summed E-state index contributed by atoms with van der Waals surface area (Å²) in [5, 5.41) is 7.53. The van der Waals surface area contributed by atoms with Gasteiger partial charge in [-0.3, -0.25) is 4.79 Å². The number of hydrogen-bond donors (Lipinski definition) is 0. The van der Waals surface area contributed by atoms with E-state index in [1.54, 1.807) is 13.0 Å². The summed E-state index contributed by atoms with van der Waals surface area (Å²) in [6.45, 7) is 3.72. The number of aldehydes is 1. The van der Waals surface area contributed by atoms with Gasteiger partial charge in [-0.1, -0.05) is 15.9 Å². The number of halogens is 1. The Morgan fingerprint density at radius 3 is 2.78 bits per heavy atom. The van der Waals surface area contributed by atoms with Crippen LogP contribution in [0.15, 0.2) is 21.0 Å². The normalized spacial score (nSPS) is 10.4. The van der Waals surface area contributed by atoms with Gasteiger partial charge in [0.15, 0.2) is 12.9 Å². The lowest BCUT2D eigenvalue weighted by atomic mass is 10.1. The molecule has 0 bridgehead atoms. The van der Waals surface area contributed by atoms with Crippen LogP contribution in [0.4, 0.5) is 0 Å². The first-order valence-corrected chi connectivity index (χ1v) is 6.06. The molecular weight excluding hydrogens is 300 g/mol. The van der Waals surface area contributed by atoms with Crippen LogP contribution in [0.3, 0.4) is 0 Å². The molecule has 0 fully saturated rings. The molecule has 1 aromatic heterocycles. The summed E-state index contributed by atoms with van der Waals surface area (Å²) < 4.78 is 11.6. The number of rotatable bonds is 4. The summed E-state index contributed by atoms with van der Waals surface area (Å²) >= 11 is 3.33. The highest BCUT2D eigenvalue weighted by Crippen LogP contribution is 2.27. The van der Waals surface area contributed by atoms with Crippen molar-refractivity contribution < 1.29 is 13.9 Å². The number of hydrogen-bond acceptors (Lipinski definition) is 5. The summed E-state index contributed by atoms with van der Waals surface area (Å²) in [5.74, 6) is 1.40. The molecule has 1 aromatic carbocycles. The molecule has 0 saturated carbocycles. The van der Waals surface area contributed by atoms with Crippen molar-refractivity contribution in [3.63, 3.8) is 0 Å². The van der Waals surface area contributed by atoms with E-state index in [1.165, 1.54) is 0 Å². The molecule has 0 saturated heterocycles. The van der Waals surface area contributed by atoms with Gasteiger partial charge in [-0.2, -0.15) is 0 Å². The van der Waals surface area contributed by atoms with Gasteiger partial charge in [-0.05, 0) is 24.6 Å². The van der Waals surface area contributed by atoms with E-state index in [4.69, 9.17) is 9.15 Å². The predicted molar refractivity (Wildman–Crippen MR) is 67.6 cm³/mol. The molecule has 1 heterocycles. The van der Waals surface area contributed by atoms with Gasteiger partial charge < -0.3 is 9.15 Å². The van der Waals surface area contributed by atoms with Crippen LogP contribution in [0.2, 0.25) is 0 Å². The number of carbonyl (C=O) groups is 1. The van der Waals surface area contributed by atoms with E-state index < -0.39 is 0 Å². The summed E-state index contributed by atoms with van der Waals surface area (Å²) in [6, 6.07) is 3.58. The lowest BCUT2D eigenvalue weighted by molar-refractivity contribution is 0.111. The zero-order valence-electron chi connectivity index (χ0n) is 9.94. The van der Waals surface area contributed by atoms with Crippen molar-refractivity contribution in [2.75, 3.05) is 0 Å². The highest BCUT2D eigenvalue weighted by Gasteiger charge is 2.10. The summed E-state index contributed by atoms with van der Waals surface area (Å²) in [5.41, 5.74) is 1.35. The third kappa shape index (κ3) is 2.76. The first-order chi connectivity index (χ1) is 8.60. The topological polar surface area (TPSA) is 65.2 Å². The lowest BCUT2D eigenvalue weighted by Gasteiger charge is -2.10. The molecule has 0 radical (unpaired) electrons. The highest BCUT2D eigenvalue weighted by molar-refractivity contribution is 9.10. The van der Waals surface area contributed by atoms with Crippen LogP contribution in [-0.4, -0.2) is 16.5 Å². The standard InChI is InChI=1S/C12H11BrN2O3/c1-7-3-10(13)4-9(5-16)12(7)17-6-11-15-14-8(2)18-11/h3-5H,6H2,1-2H3. The van der Waals surface area contributed by atoms with Crippen LogP contribution >= 0.6 is 15.9 Å². The minimum atomic E-state index is 0.143. The Kier molecular flexibility index (Phi) is 3.76. The van der Waals surface area contributed by atoms with E-state index in [-0.39, 0.29) is 6.61 Å². The Morgan fingerprint density at radius 2 is 2.17 bits per heavy atom. The number of nitrogens with zero attached hydrogens (tertiary/aromatic N) is 2. The first-order valence-electron chi connectivity index (χ1n) is 5.27. The molecule has 0 N–H and O–H groups in total. The Bertz CT molecular complexity index is 581. The number of ether oxygens (including phenoxy) is 1. The summed E-state index contributed by atoms with van der Waals surface area (Å²) in [6.07, 6.45) is 0.756. The van der Waals surface area contributed by atoms with Crippen LogP contribution in [0.1, 0.15) is 27.7 Å². The molecule has 0 aliphatic carbocycles. The predicted octanol–water partition coefficient (Wildman–Crippen LogP) is 2.84. The minimum absolute atomic E-state index is 0.143. The van der Waals surface area contributed by atoms with E-state index in [1.807, 2.05) is 13.0 Å². The third-order valence-electron chi connectivity index (χ3n) is 2.30. The fourth-order valence-corrected chi connectivity index (χ4v) is 2.16. The second kappa shape index (κ2) is 5.30. The van der Waals surface area contributed by atoms with Gasteiger partial charge in [-0.15, -0.1) is 10.2 Å². The maximum atomic E-state index is 11.0. The van der Waals surface area contributed by atoms with Gasteiger partial charge in [0.05, 0.1) is 5.56 Å². The molecular formula is C12H11BrN2O3. The van der Waals surface area contributed by atoms with E-state index in [2.05, 4.69) is 26.1 Å². The zero-order chi connectivity index (χ0) is 13.1. The van der Waals surface area contributed by atoms with E-state index >= 15 is 0 Å². The van der Waals surface area contributed by atoms with E-state index in [0.29, 0.717) is 23.1 Å². The van der Waals surface area contributed by atoms with Gasteiger partial charge >= 0.3 is 0 Å². The third-order valence-corrected chi connectivity index (χ3v) is 2.76. The smallest absolute Gasteiger partial charge is 0.253 e. The maximum absolute atomic E-state index is 11.0. The highest BCUT2D eigenvalue weighted by atomic mass is 79.9. The quantitative estimate of drug-likeness (QED) is 0.812. The number of benzene rings is 1. The molecule has 5 nitrogen and oxygen atoms in total. The minimum Gasteiger partial charge on any atom is -0.483 e.